The summed E-state index contributed by atoms with van der Waals surface area (Å²) in [7, 11) is 3.93. The van der Waals surface area contributed by atoms with Crippen LogP contribution in [0.2, 0.25) is 0 Å². The number of likely N-dealkylation sites (N-methyl/N-ethyl adjacent to an activating group) is 1. The monoisotopic (exact) mass is 395 g/mol. The number of ether oxygens (including phenoxy) is 1. The van der Waals surface area contributed by atoms with E-state index in [1.807, 2.05) is 43.3 Å². The summed E-state index contributed by atoms with van der Waals surface area (Å²) < 4.78 is 20.9. The molecular weight excluding hydrogens is 373 g/mol. The fourth-order valence-electron chi connectivity index (χ4n) is 3.49. The molecule has 0 fully saturated rings. The first-order valence-electron chi connectivity index (χ1n) is 9.33. The molecule has 1 atom stereocenters. The second-order valence-electron chi connectivity index (χ2n) is 7.36. The van der Waals surface area contributed by atoms with E-state index in [1.165, 1.54) is 16.8 Å². The van der Waals surface area contributed by atoms with Crippen molar-refractivity contribution in [2.45, 2.75) is 13.0 Å². The van der Waals surface area contributed by atoms with E-state index in [-0.39, 0.29) is 23.5 Å². The Bertz CT molecular complexity index is 1050. The molecule has 0 saturated carbocycles. The maximum atomic E-state index is 13.4. The number of carbonyl (C=O) groups excluding carboxylic acids is 1. The summed E-state index contributed by atoms with van der Waals surface area (Å²) in [5.41, 5.74) is 2.30. The lowest BCUT2D eigenvalue weighted by Gasteiger charge is -2.35. The van der Waals surface area contributed by atoms with Gasteiger partial charge in [0.1, 0.15) is 17.7 Å². The summed E-state index contributed by atoms with van der Waals surface area (Å²) in [5.74, 6) is 0.0933. The highest BCUT2D eigenvalue weighted by molar-refractivity contribution is 6.05. The molecule has 2 aromatic carbocycles. The van der Waals surface area contributed by atoms with Crippen LogP contribution in [0.15, 0.2) is 48.7 Å². The summed E-state index contributed by atoms with van der Waals surface area (Å²) in [6, 6.07) is 11.9. The Morgan fingerprint density at radius 1 is 1.24 bits per heavy atom. The van der Waals surface area contributed by atoms with Gasteiger partial charge in [0.2, 0.25) is 0 Å². The normalized spacial score (nSPS) is 15.9. The van der Waals surface area contributed by atoms with Gasteiger partial charge in [0, 0.05) is 6.54 Å². The Kier molecular flexibility index (Phi) is 5.02. The molecule has 1 amide bonds. The van der Waals surface area contributed by atoms with Crippen molar-refractivity contribution in [1.29, 1.82) is 0 Å². The summed E-state index contributed by atoms with van der Waals surface area (Å²) in [6.07, 6.45) is 1.42. The summed E-state index contributed by atoms with van der Waals surface area (Å²) in [6.45, 7) is 2.88. The van der Waals surface area contributed by atoms with Gasteiger partial charge in [0.15, 0.2) is 5.69 Å². The van der Waals surface area contributed by atoms with E-state index in [4.69, 9.17) is 4.74 Å². The fourth-order valence-corrected chi connectivity index (χ4v) is 3.49. The number of anilines is 1. The van der Waals surface area contributed by atoms with Gasteiger partial charge in [0.05, 0.1) is 24.1 Å². The largest absolute Gasteiger partial charge is 0.485 e. The number of hydrogen-bond acceptors (Lipinski definition) is 5. The molecule has 0 radical (unpaired) electrons. The minimum Gasteiger partial charge on any atom is -0.485 e. The molecule has 0 spiro atoms. The van der Waals surface area contributed by atoms with E-state index in [2.05, 4.69) is 10.3 Å². The zero-order valence-electron chi connectivity index (χ0n) is 16.5. The molecule has 29 heavy (non-hydrogen) atoms. The van der Waals surface area contributed by atoms with Crippen molar-refractivity contribution in [3.05, 3.63) is 65.7 Å². The average Bonchev–Trinajstić information content (AvgIpc) is 3.16. The molecule has 0 saturated heterocycles. The van der Waals surface area contributed by atoms with Gasteiger partial charge in [0.25, 0.3) is 5.91 Å². The van der Waals surface area contributed by atoms with E-state index in [1.54, 1.807) is 24.1 Å². The standard InChI is InChI=1S/C21H22FN5O2/c1-14-10-15(22)8-9-18(14)27-13-17(23-24-27)21(28)26-12-16(11-25(2)3)29-20-7-5-4-6-19(20)26/h4-10,13,16H,11-12H2,1-3H3. The van der Waals surface area contributed by atoms with Crippen LogP contribution in [-0.2, 0) is 0 Å². The molecule has 1 unspecified atom stereocenters. The lowest BCUT2D eigenvalue weighted by Crippen LogP contribution is -2.47. The topological polar surface area (TPSA) is 63.5 Å². The quantitative estimate of drug-likeness (QED) is 0.680. The maximum absolute atomic E-state index is 13.4. The third-order valence-electron chi connectivity index (χ3n) is 4.77. The van der Waals surface area contributed by atoms with Crippen molar-refractivity contribution in [3.8, 4) is 11.4 Å². The Morgan fingerprint density at radius 3 is 2.79 bits per heavy atom. The average molecular weight is 395 g/mol. The highest BCUT2D eigenvalue weighted by Crippen LogP contribution is 2.34. The first-order chi connectivity index (χ1) is 13.9. The van der Waals surface area contributed by atoms with Gasteiger partial charge in [-0.2, -0.15) is 0 Å². The number of hydrogen-bond donors (Lipinski definition) is 0. The highest BCUT2D eigenvalue weighted by Gasteiger charge is 2.31. The Labute approximate surface area is 168 Å². The molecule has 4 rings (SSSR count). The van der Waals surface area contributed by atoms with Gasteiger partial charge in [-0.1, -0.05) is 17.3 Å². The van der Waals surface area contributed by atoms with Crippen molar-refractivity contribution < 1.29 is 13.9 Å². The number of amides is 1. The van der Waals surface area contributed by atoms with Crippen LogP contribution in [0.3, 0.4) is 0 Å². The SMILES string of the molecule is Cc1cc(F)ccc1-n1cc(C(=O)N2CC(CN(C)C)Oc3ccccc32)nn1. The van der Waals surface area contributed by atoms with Crippen LogP contribution in [-0.4, -0.2) is 59.1 Å². The number of fused-ring (bicyclic) bond motifs is 1. The minimum atomic E-state index is -0.320. The number of carbonyl (C=O) groups is 1. The second kappa shape index (κ2) is 7.63. The molecule has 1 aliphatic rings. The molecule has 0 bridgehead atoms. The van der Waals surface area contributed by atoms with E-state index < -0.39 is 0 Å². The molecule has 1 aromatic heterocycles. The number of rotatable bonds is 4. The van der Waals surface area contributed by atoms with Crippen molar-refractivity contribution in [2.75, 3.05) is 32.1 Å². The number of benzene rings is 2. The molecular formula is C21H22FN5O2. The van der Waals surface area contributed by atoms with Gasteiger partial charge >= 0.3 is 0 Å². The minimum absolute atomic E-state index is 0.154. The fraction of sp³-hybridized carbons (Fsp3) is 0.286. The summed E-state index contributed by atoms with van der Waals surface area (Å²) in [5, 5.41) is 8.14. The van der Waals surface area contributed by atoms with Crippen molar-refractivity contribution in [1.82, 2.24) is 19.9 Å². The zero-order valence-corrected chi connectivity index (χ0v) is 16.5. The molecule has 8 heteroatoms. The third-order valence-corrected chi connectivity index (χ3v) is 4.77. The predicted octanol–water partition coefficient (Wildman–Crippen LogP) is 2.68. The lowest BCUT2D eigenvalue weighted by molar-refractivity contribution is 0.0936. The summed E-state index contributed by atoms with van der Waals surface area (Å²) in [4.78, 5) is 17.0. The Morgan fingerprint density at radius 2 is 2.03 bits per heavy atom. The smallest absolute Gasteiger partial charge is 0.280 e. The molecule has 7 nitrogen and oxygen atoms in total. The maximum Gasteiger partial charge on any atom is 0.280 e. The Hall–Kier alpha value is -3.26. The molecule has 150 valence electrons. The van der Waals surface area contributed by atoms with E-state index in [0.717, 1.165) is 0 Å². The van der Waals surface area contributed by atoms with E-state index in [9.17, 15) is 9.18 Å². The van der Waals surface area contributed by atoms with Gasteiger partial charge in [-0.25, -0.2) is 9.07 Å². The number of para-hydroxylation sites is 2. The highest BCUT2D eigenvalue weighted by atomic mass is 19.1. The molecule has 0 N–H and O–H groups in total. The number of nitrogens with zero attached hydrogens (tertiary/aromatic N) is 5. The van der Waals surface area contributed by atoms with E-state index >= 15 is 0 Å². The van der Waals surface area contributed by atoms with Crippen LogP contribution in [0.5, 0.6) is 5.75 Å². The van der Waals surface area contributed by atoms with Crippen LogP contribution in [0, 0.1) is 12.7 Å². The molecule has 0 aliphatic carbocycles. The molecule has 2 heterocycles. The first-order valence-corrected chi connectivity index (χ1v) is 9.33. The van der Waals surface area contributed by atoms with Crippen LogP contribution in [0.4, 0.5) is 10.1 Å². The second-order valence-corrected chi connectivity index (χ2v) is 7.36. The number of aryl methyl sites for hydroxylation is 1. The van der Waals surface area contributed by atoms with Gasteiger partial charge in [-0.15, -0.1) is 5.10 Å². The van der Waals surface area contributed by atoms with Gasteiger partial charge in [-0.05, 0) is 56.9 Å². The van der Waals surface area contributed by atoms with Crippen molar-refractivity contribution in [3.63, 3.8) is 0 Å². The van der Waals surface area contributed by atoms with Crippen LogP contribution in [0.25, 0.3) is 5.69 Å². The number of aromatic nitrogens is 3. The van der Waals surface area contributed by atoms with Crippen LogP contribution in [0.1, 0.15) is 16.1 Å². The van der Waals surface area contributed by atoms with Crippen molar-refractivity contribution >= 4 is 11.6 Å². The zero-order chi connectivity index (χ0) is 20.5. The van der Waals surface area contributed by atoms with Crippen LogP contribution >= 0.6 is 0 Å². The lowest BCUT2D eigenvalue weighted by atomic mass is 10.1. The van der Waals surface area contributed by atoms with Gasteiger partial charge < -0.3 is 9.64 Å². The van der Waals surface area contributed by atoms with Gasteiger partial charge in [-0.3, -0.25) is 9.69 Å². The van der Waals surface area contributed by atoms with E-state index in [0.29, 0.717) is 35.8 Å². The number of halogens is 1. The molecule has 3 aromatic rings. The first kappa shape index (κ1) is 19.1. The van der Waals surface area contributed by atoms with Crippen LogP contribution < -0.4 is 9.64 Å². The summed E-state index contributed by atoms with van der Waals surface area (Å²) >= 11 is 0. The third kappa shape index (κ3) is 3.84. The van der Waals surface area contributed by atoms with Crippen molar-refractivity contribution in [2.24, 2.45) is 0 Å². The molecule has 1 aliphatic heterocycles. The predicted molar refractivity (Wildman–Crippen MR) is 107 cm³/mol. The Balaban J connectivity index is 1.64.